The molecule has 2 saturated heterocycles. The van der Waals surface area contributed by atoms with Crippen LogP contribution in [-0.2, 0) is 25.7 Å². The first kappa shape index (κ1) is 22.2. The Morgan fingerprint density at radius 2 is 1.79 bits per heavy atom. The smallest absolute Gasteiger partial charge is 0.407 e. The van der Waals surface area contributed by atoms with E-state index in [2.05, 4.69) is 5.32 Å². The summed E-state index contributed by atoms with van der Waals surface area (Å²) in [5.41, 5.74) is -0.110. The fourth-order valence-electron chi connectivity index (χ4n) is 4.62. The number of carbonyl (C=O) groups excluding carboxylic acids is 3. The average molecular weight is 508 g/mol. The van der Waals surface area contributed by atoms with Gasteiger partial charge in [-0.15, -0.1) is 0 Å². The number of hydrogen-bond acceptors (Lipinski definition) is 5. The summed E-state index contributed by atoms with van der Waals surface area (Å²) in [5, 5.41) is 3.54. The summed E-state index contributed by atoms with van der Waals surface area (Å²) in [4.78, 5) is 39.9. The maximum absolute atomic E-state index is 13.3. The maximum Gasteiger partial charge on any atom is 0.407 e. The van der Waals surface area contributed by atoms with Crippen LogP contribution < -0.4 is 10.2 Å². The summed E-state index contributed by atoms with van der Waals surface area (Å²) in [7, 11) is 0. The molecule has 5 rings (SSSR count). The van der Waals surface area contributed by atoms with Crippen LogP contribution in [0.1, 0.15) is 5.56 Å². The molecule has 33 heavy (non-hydrogen) atoms. The minimum absolute atomic E-state index is 0.0310. The molecule has 0 aliphatic carbocycles. The molecule has 0 aromatic heterocycles. The van der Waals surface area contributed by atoms with Crippen LogP contribution in [0.25, 0.3) is 0 Å². The number of amides is 3. The van der Waals surface area contributed by atoms with Crippen molar-refractivity contribution in [1.82, 2.24) is 5.32 Å². The molecule has 0 saturated carbocycles. The minimum Gasteiger partial charge on any atom is -0.445 e. The second kappa shape index (κ2) is 8.33. The summed E-state index contributed by atoms with van der Waals surface area (Å²) in [5.74, 6) is -2.01. The van der Waals surface area contributed by atoms with E-state index in [1.54, 1.807) is 36.4 Å². The van der Waals surface area contributed by atoms with Crippen LogP contribution in [-0.4, -0.2) is 36.2 Å². The normalized spacial score (nSPS) is 27.2. The Labute approximate surface area is 204 Å². The molecule has 0 spiro atoms. The van der Waals surface area contributed by atoms with Gasteiger partial charge in [0.2, 0.25) is 11.8 Å². The first-order valence-electron chi connectivity index (χ1n) is 10.1. The number of nitrogens with one attached hydrogen (secondary N) is 1. The van der Waals surface area contributed by atoms with Crippen molar-refractivity contribution >= 4 is 58.4 Å². The summed E-state index contributed by atoms with van der Waals surface area (Å²) < 4.78 is 11.2. The lowest BCUT2D eigenvalue weighted by Gasteiger charge is -2.28. The third kappa shape index (κ3) is 3.69. The van der Waals surface area contributed by atoms with Gasteiger partial charge in [0, 0.05) is 10.6 Å². The number of imide groups is 1. The number of para-hydroxylation sites is 1. The third-order valence-electron chi connectivity index (χ3n) is 6.13. The van der Waals surface area contributed by atoms with Gasteiger partial charge < -0.3 is 14.8 Å². The van der Waals surface area contributed by atoms with Crippen LogP contribution in [0.2, 0.25) is 15.1 Å². The highest BCUT2D eigenvalue weighted by Gasteiger charge is 2.67. The molecule has 3 heterocycles. The Morgan fingerprint density at radius 1 is 1.06 bits per heavy atom. The van der Waals surface area contributed by atoms with E-state index in [1.807, 2.05) is 6.07 Å². The van der Waals surface area contributed by atoms with Crippen LogP contribution in [0.5, 0.6) is 0 Å². The topological polar surface area (TPSA) is 84.9 Å². The van der Waals surface area contributed by atoms with Crippen LogP contribution in [0.15, 0.2) is 54.6 Å². The zero-order valence-electron chi connectivity index (χ0n) is 17.0. The lowest BCUT2D eigenvalue weighted by atomic mass is 9.77. The number of ether oxygens (including phenoxy) is 2. The summed E-state index contributed by atoms with van der Waals surface area (Å²) >= 11 is 18.0. The summed E-state index contributed by atoms with van der Waals surface area (Å²) in [6, 6.07) is 11.8. The maximum atomic E-state index is 13.3. The van der Waals surface area contributed by atoms with Crippen LogP contribution in [0, 0.1) is 11.8 Å². The highest BCUT2D eigenvalue weighted by Crippen LogP contribution is 2.52. The van der Waals surface area contributed by atoms with Crippen molar-refractivity contribution in [1.29, 1.82) is 0 Å². The van der Waals surface area contributed by atoms with E-state index in [9.17, 15) is 14.4 Å². The number of nitrogens with zero attached hydrogens (tertiary/aromatic N) is 1. The largest absolute Gasteiger partial charge is 0.445 e. The van der Waals surface area contributed by atoms with Gasteiger partial charge in [-0.3, -0.25) is 9.59 Å². The highest BCUT2D eigenvalue weighted by atomic mass is 35.5. The SMILES string of the molecule is O=C(NC[C@@]12C=C[C@@H](O1)[C@@H]1C(=O)N(c3ccccc3)C(=O)[C@H]12)OCc1cc(Cl)c(Cl)cc1Cl. The standard InChI is InChI=1S/C23H17Cl3N2O5/c24-14-9-16(26)15(25)8-12(14)10-32-22(31)27-11-23-7-6-17(33-23)18-19(23)21(30)28(20(18)29)13-4-2-1-3-5-13/h1-9,17-19H,10-11H2,(H,27,31)/t17-,18+,19+,23-/m1/s1. The Morgan fingerprint density at radius 3 is 2.55 bits per heavy atom. The number of anilines is 1. The van der Waals surface area contributed by atoms with Crippen molar-refractivity contribution < 1.29 is 23.9 Å². The van der Waals surface area contributed by atoms with Crippen molar-refractivity contribution in [3.8, 4) is 0 Å². The molecular weight excluding hydrogens is 491 g/mol. The van der Waals surface area contributed by atoms with Gasteiger partial charge in [0.15, 0.2) is 0 Å². The van der Waals surface area contributed by atoms with Crippen LogP contribution in [0.4, 0.5) is 10.5 Å². The summed E-state index contributed by atoms with van der Waals surface area (Å²) in [6.45, 7) is -0.157. The van der Waals surface area contributed by atoms with Crippen molar-refractivity contribution in [3.05, 3.63) is 75.2 Å². The van der Waals surface area contributed by atoms with Crippen molar-refractivity contribution in [3.63, 3.8) is 0 Å². The molecule has 10 heteroatoms. The lowest BCUT2D eigenvalue weighted by molar-refractivity contribution is -0.126. The molecule has 2 fully saturated rings. The number of fused-ring (bicyclic) bond motifs is 5. The monoisotopic (exact) mass is 506 g/mol. The molecule has 2 aromatic rings. The summed E-state index contributed by atoms with van der Waals surface area (Å²) in [6.07, 6.45) is 2.26. The Balaban J connectivity index is 1.27. The van der Waals surface area contributed by atoms with Gasteiger partial charge in [-0.1, -0.05) is 65.2 Å². The molecule has 0 radical (unpaired) electrons. The van der Waals surface area contributed by atoms with Gasteiger partial charge in [-0.2, -0.15) is 0 Å². The third-order valence-corrected chi connectivity index (χ3v) is 7.20. The van der Waals surface area contributed by atoms with E-state index in [0.29, 0.717) is 26.3 Å². The quantitative estimate of drug-likeness (QED) is 0.369. The van der Waals surface area contributed by atoms with E-state index in [-0.39, 0.29) is 25.0 Å². The van der Waals surface area contributed by atoms with Crippen LogP contribution in [0.3, 0.4) is 0 Å². The molecule has 2 aromatic carbocycles. The highest BCUT2D eigenvalue weighted by molar-refractivity contribution is 6.43. The first-order valence-corrected chi connectivity index (χ1v) is 11.3. The molecule has 1 N–H and O–H groups in total. The second-order valence-electron chi connectivity index (χ2n) is 8.03. The molecule has 3 amide bonds. The number of alkyl carbamates (subject to hydrolysis) is 1. The molecule has 2 bridgehead atoms. The van der Waals surface area contributed by atoms with Crippen LogP contribution >= 0.6 is 34.8 Å². The minimum atomic E-state index is -1.12. The van der Waals surface area contributed by atoms with Gasteiger partial charge in [0.25, 0.3) is 0 Å². The Hall–Kier alpha value is -2.58. The molecule has 4 atom stereocenters. The van der Waals surface area contributed by atoms with E-state index in [0.717, 1.165) is 0 Å². The van der Waals surface area contributed by atoms with Gasteiger partial charge in [-0.05, 0) is 24.3 Å². The number of hydrogen-bond donors (Lipinski definition) is 1. The van der Waals surface area contributed by atoms with Gasteiger partial charge >= 0.3 is 6.09 Å². The number of rotatable bonds is 5. The van der Waals surface area contributed by atoms with E-state index < -0.39 is 29.6 Å². The molecule has 0 unspecified atom stereocenters. The number of benzene rings is 2. The Bertz CT molecular complexity index is 1190. The average Bonchev–Trinajstić information content (AvgIpc) is 3.44. The fourth-order valence-corrected chi connectivity index (χ4v) is 5.24. The number of carbonyl (C=O) groups is 3. The van der Waals surface area contributed by atoms with Gasteiger partial charge in [-0.25, -0.2) is 9.69 Å². The molecule has 170 valence electrons. The predicted molar refractivity (Wildman–Crippen MR) is 122 cm³/mol. The Kier molecular flexibility index (Phi) is 5.61. The first-order chi connectivity index (χ1) is 15.8. The zero-order valence-corrected chi connectivity index (χ0v) is 19.2. The zero-order chi connectivity index (χ0) is 23.3. The fraction of sp³-hybridized carbons (Fsp3) is 0.261. The van der Waals surface area contributed by atoms with Crippen molar-refractivity contribution in [2.75, 3.05) is 11.4 Å². The molecule has 3 aliphatic heterocycles. The second-order valence-corrected chi connectivity index (χ2v) is 9.26. The number of halogens is 3. The molecule has 7 nitrogen and oxygen atoms in total. The predicted octanol–water partition coefficient (Wildman–Crippen LogP) is 4.39. The van der Waals surface area contributed by atoms with Gasteiger partial charge in [0.1, 0.15) is 12.2 Å². The van der Waals surface area contributed by atoms with E-state index in [1.165, 1.54) is 17.0 Å². The van der Waals surface area contributed by atoms with E-state index in [4.69, 9.17) is 44.3 Å². The molecular formula is C23H17Cl3N2O5. The lowest BCUT2D eigenvalue weighted by Crippen LogP contribution is -2.49. The van der Waals surface area contributed by atoms with Crippen molar-refractivity contribution in [2.45, 2.75) is 18.3 Å². The van der Waals surface area contributed by atoms with Gasteiger partial charge in [0.05, 0.1) is 40.2 Å². The van der Waals surface area contributed by atoms with E-state index >= 15 is 0 Å². The van der Waals surface area contributed by atoms with Crippen molar-refractivity contribution in [2.24, 2.45) is 11.8 Å². The molecule has 3 aliphatic rings.